The van der Waals surface area contributed by atoms with E-state index in [0.717, 1.165) is 0 Å². The second kappa shape index (κ2) is 15.5. The number of carboxylic acid groups (broad SMARTS) is 1. The van der Waals surface area contributed by atoms with E-state index in [9.17, 15) is 9.90 Å². The number of hydrogen-bond donors (Lipinski definition) is 1. The Bertz CT molecular complexity index is 465. The van der Waals surface area contributed by atoms with Gasteiger partial charge in [-0.15, -0.1) is 0 Å². The van der Waals surface area contributed by atoms with Gasteiger partial charge in [-0.1, -0.05) is 65.5 Å². The van der Waals surface area contributed by atoms with Gasteiger partial charge in [0.05, 0.1) is 32.1 Å². The van der Waals surface area contributed by atoms with Crippen LogP contribution in [0.1, 0.15) is 89.4 Å². The van der Waals surface area contributed by atoms with Crippen LogP contribution in [0.15, 0.2) is 24.3 Å². The molecule has 0 aliphatic heterocycles. The van der Waals surface area contributed by atoms with E-state index in [-0.39, 0.29) is 11.3 Å². The van der Waals surface area contributed by atoms with Crippen LogP contribution in [0.25, 0.3) is 0 Å². The summed E-state index contributed by atoms with van der Waals surface area (Å²) < 4.78 is 1.42. The first kappa shape index (κ1) is 25.4. The van der Waals surface area contributed by atoms with Gasteiger partial charge in [-0.25, -0.2) is 0 Å². The second-order valence-corrected chi connectivity index (χ2v) is 7.45. The van der Waals surface area contributed by atoms with Gasteiger partial charge in [0.25, 0.3) is 0 Å². The zero-order chi connectivity index (χ0) is 20.5. The van der Waals surface area contributed by atoms with Crippen molar-refractivity contribution < 1.29 is 19.5 Å². The van der Waals surface area contributed by atoms with Gasteiger partial charge in [-0.2, -0.15) is 0 Å². The lowest BCUT2D eigenvalue weighted by molar-refractivity contribution is -0.929. The molecule has 1 aromatic rings. The van der Waals surface area contributed by atoms with Crippen molar-refractivity contribution in [1.29, 1.82) is 0 Å². The molecule has 1 rings (SSSR count). The molecule has 0 atom stereocenters. The molecule has 0 aromatic heterocycles. The van der Waals surface area contributed by atoms with Gasteiger partial charge in [0.2, 0.25) is 0 Å². The van der Waals surface area contributed by atoms with Crippen molar-refractivity contribution in [3.8, 4) is 5.75 Å². The van der Waals surface area contributed by atoms with Crippen LogP contribution in [0.4, 0.5) is 0 Å². The fraction of sp³-hybridized carbons (Fsp3) is 0.696. The maximum Gasteiger partial charge on any atom is 0.124 e. The number of rotatable bonds is 13. The minimum Gasteiger partial charge on any atom is -0.545 e. The van der Waals surface area contributed by atoms with Crippen LogP contribution < -0.4 is 5.11 Å². The molecule has 0 heterocycles. The Hall–Kier alpha value is -1.55. The van der Waals surface area contributed by atoms with Crippen molar-refractivity contribution >= 4 is 5.97 Å². The first-order chi connectivity index (χ1) is 13.0. The summed E-state index contributed by atoms with van der Waals surface area (Å²) in [4.78, 5) is 10.2. The zero-order valence-corrected chi connectivity index (χ0v) is 18.0. The molecular weight excluding hydrogens is 338 g/mol. The summed E-state index contributed by atoms with van der Waals surface area (Å²) in [6, 6.07) is 5.64. The summed E-state index contributed by atoms with van der Waals surface area (Å²) in [5.74, 6) is -1.62. The first-order valence-corrected chi connectivity index (χ1v) is 10.8. The second-order valence-electron chi connectivity index (χ2n) is 7.45. The number of unbranched alkanes of at least 4 members (excludes halogenated alkanes) is 4. The van der Waals surface area contributed by atoms with Crippen molar-refractivity contribution in [2.24, 2.45) is 0 Å². The number of phenols is 1. The van der Waals surface area contributed by atoms with Crippen molar-refractivity contribution in [3.05, 3.63) is 29.8 Å². The predicted molar refractivity (Wildman–Crippen MR) is 112 cm³/mol. The molecule has 0 amide bonds. The Morgan fingerprint density at radius 1 is 0.815 bits per heavy atom. The van der Waals surface area contributed by atoms with Crippen LogP contribution in [0.5, 0.6) is 5.75 Å². The minimum atomic E-state index is -1.36. The van der Waals surface area contributed by atoms with Crippen molar-refractivity contribution in [2.75, 3.05) is 26.2 Å². The number of aromatic carboxylic acids is 1. The molecular formula is C23H41NO3. The van der Waals surface area contributed by atoms with E-state index in [1.54, 1.807) is 6.07 Å². The Balaban J connectivity index is 0.000000569. The van der Waals surface area contributed by atoms with Crippen molar-refractivity contribution in [3.63, 3.8) is 0 Å². The van der Waals surface area contributed by atoms with Crippen molar-refractivity contribution in [2.45, 2.75) is 79.1 Å². The van der Waals surface area contributed by atoms with Crippen LogP contribution in [-0.4, -0.2) is 41.7 Å². The lowest BCUT2D eigenvalue weighted by Gasteiger charge is -2.39. The fourth-order valence-electron chi connectivity index (χ4n) is 3.29. The fourth-order valence-corrected chi connectivity index (χ4v) is 3.29. The molecule has 0 fully saturated rings. The van der Waals surface area contributed by atoms with Crippen LogP contribution in [-0.2, 0) is 0 Å². The van der Waals surface area contributed by atoms with E-state index in [4.69, 9.17) is 5.11 Å². The molecule has 0 radical (unpaired) electrons. The Morgan fingerprint density at radius 3 is 1.44 bits per heavy atom. The predicted octanol–water partition coefficient (Wildman–Crippen LogP) is 4.76. The van der Waals surface area contributed by atoms with Gasteiger partial charge in [0, 0.05) is 5.56 Å². The van der Waals surface area contributed by atoms with Crippen LogP contribution in [0, 0.1) is 0 Å². The summed E-state index contributed by atoms with van der Waals surface area (Å²) in [5, 5.41) is 19.0. The number of nitrogens with zero attached hydrogens (tertiary/aromatic N) is 1. The molecule has 0 aliphatic carbocycles. The molecule has 156 valence electrons. The quantitative estimate of drug-likeness (QED) is 0.503. The molecule has 27 heavy (non-hydrogen) atoms. The highest BCUT2D eigenvalue weighted by molar-refractivity contribution is 5.88. The summed E-state index contributed by atoms with van der Waals surface area (Å²) in [5.41, 5.74) is -0.178. The van der Waals surface area contributed by atoms with Crippen molar-refractivity contribution in [1.82, 2.24) is 0 Å². The molecule has 0 saturated heterocycles. The van der Waals surface area contributed by atoms with Gasteiger partial charge in [-0.05, 0) is 37.8 Å². The topological polar surface area (TPSA) is 60.4 Å². The molecule has 0 aliphatic rings. The third kappa shape index (κ3) is 11.0. The van der Waals surface area contributed by atoms with Gasteiger partial charge in [0.15, 0.2) is 0 Å². The third-order valence-electron chi connectivity index (χ3n) is 5.07. The van der Waals surface area contributed by atoms with Gasteiger partial charge >= 0.3 is 0 Å². The molecule has 4 heteroatoms. The normalized spacial score (nSPS) is 11.0. The molecule has 1 N–H and O–H groups in total. The highest BCUT2D eigenvalue weighted by Gasteiger charge is 2.24. The number of quaternary nitrogens is 1. The Labute approximate surface area is 166 Å². The number of para-hydroxylation sites is 1. The largest absolute Gasteiger partial charge is 0.545 e. The average Bonchev–Trinajstić information content (AvgIpc) is 2.67. The number of hydrogen-bond acceptors (Lipinski definition) is 3. The van der Waals surface area contributed by atoms with Crippen LogP contribution in [0.3, 0.4) is 0 Å². The molecule has 1 aromatic carbocycles. The lowest BCUT2D eigenvalue weighted by Crippen LogP contribution is -2.50. The maximum absolute atomic E-state index is 10.2. The minimum absolute atomic E-state index is 0.178. The van der Waals surface area contributed by atoms with E-state index < -0.39 is 5.97 Å². The Morgan fingerprint density at radius 2 is 1.19 bits per heavy atom. The SMILES string of the molecule is CCCC[N+](CCCC)(CCCC)CCCC.O=C([O-])c1ccccc1O. The summed E-state index contributed by atoms with van der Waals surface area (Å²) >= 11 is 0. The zero-order valence-electron chi connectivity index (χ0n) is 18.0. The Kier molecular flexibility index (Phi) is 14.6. The monoisotopic (exact) mass is 379 g/mol. The summed E-state index contributed by atoms with van der Waals surface area (Å²) in [7, 11) is 0. The molecule has 0 saturated carbocycles. The van der Waals surface area contributed by atoms with E-state index >= 15 is 0 Å². The number of carbonyl (C=O) groups excluding carboxylic acids is 1. The number of aromatic hydroxyl groups is 1. The average molecular weight is 380 g/mol. The molecule has 0 spiro atoms. The van der Waals surface area contributed by atoms with E-state index in [2.05, 4.69) is 27.7 Å². The highest BCUT2D eigenvalue weighted by Crippen LogP contribution is 2.16. The van der Waals surface area contributed by atoms with E-state index in [1.807, 2.05) is 0 Å². The van der Waals surface area contributed by atoms with Gasteiger partial charge in [0.1, 0.15) is 5.75 Å². The molecule has 4 nitrogen and oxygen atoms in total. The summed E-state index contributed by atoms with van der Waals surface area (Å²) in [6.07, 6.45) is 11.1. The van der Waals surface area contributed by atoms with E-state index in [1.165, 1.54) is 100 Å². The van der Waals surface area contributed by atoms with Crippen LogP contribution >= 0.6 is 0 Å². The number of benzene rings is 1. The standard InChI is InChI=1S/C16H36N.C7H6O3/c1-5-9-13-17(14-10-6-2,15-11-7-3)16-12-8-4;8-6-4-2-1-3-5(6)7(9)10/h5-16H2,1-4H3;1-4,8H,(H,9,10)/q+1;/p-1. The number of carbonyl (C=O) groups is 1. The van der Waals surface area contributed by atoms with E-state index in [0.29, 0.717) is 0 Å². The smallest absolute Gasteiger partial charge is 0.124 e. The lowest BCUT2D eigenvalue weighted by atomic mass is 10.1. The summed E-state index contributed by atoms with van der Waals surface area (Å²) in [6.45, 7) is 15.0. The first-order valence-electron chi connectivity index (χ1n) is 10.8. The van der Waals surface area contributed by atoms with Crippen LogP contribution in [0.2, 0.25) is 0 Å². The number of carboxylic acids is 1. The third-order valence-corrected chi connectivity index (χ3v) is 5.07. The molecule has 0 bridgehead atoms. The maximum atomic E-state index is 10.2. The van der Waals surface area contributed by atoms with Gasteiger partial charge in [-0.3, -0.25) is 0 Å². The highest BCUT2D eigenvalue weighted by atomic mass is 16.4. The van der Waals surface area contributed by atoms with Gasteiger partial charge < -0.3 is 19.5 Å². The molecule has 0 unspecified atom stereocenters.